The molecule has 1 N–H and O–H groups in total. The molecule has 5 rings (SSSR count). The Hall–Kier alpha value is -3.54. The summed E-state index contributed by atoms with van der Waals surface area (Å²) in [6.07, 6.45) is 7.69. The normalized spacial score (nSPS) is 16.0. The molecule has 3 aromatic rings. The number of carbonyl (C=O) groups is 2. The Balaban J connectivity index is 1.26. The van der Waals surface area contributed by atoms with Gasteiger partial charge in [-0.2, -0.15) is 0 Å². The fourth-order valence-electron chi connectivity index (χ4n) is 5.25. The monoisotopic (exact) mass is 494 g/mol. The molecule has 0 aromatic heterocycles. The maximum atomic E-state index is 13.2. The number of hydrogen-bond acceptors (Lipinski definition) is 4. The Morgan fingerprint density at radius 3 is 2.43 bits per heavy atom. The molecule has 0 bridgehead atoms. The van der Waals surface area contributed by atoms with Crippen LogP contribution in [-0.4, -0.2) is 43.4 Å². The van der Waals surface area contributed by atoms with E-state index in [-0.39, 0.29) is 5.91 Å². The summed E-state index contributed by atoms with van der Waals surface area (Å²) in [6, 6.07) is 22.8. The first kappa shape index (κ1) is 25.1. The minimum Gasteiger partial charge on any atom is -0.381 e. The predicted octanol–water partition coefficient (Wildman–Crippen LogP) is 6.14. The third-order valence-electron chi connectivity index (χ3n) is 7.50. The molecule has 37 heavy (non-hydrogen) atoms. The van der Waals surface area contributed by atoms with Gasteiger partial charge in [0.2, 0.25) is 0 Å². The molecular formula is C32H34N2O3. The van der Waals surface area contributed by atoms with E-state index < -0.39 is 0 Å². The zero-order chi connectivity index (χ0) is 25.6. The average molecular weight is 495 g/mol. The quantitative estimate of drug-likeness (QED) is 0.401. The SMILES string of the molecule is CN(Cc1ccc(NC(=O)C2=Cc3cc(-c4ccc(C=O)cc4)ccc3CCC2)cc1)C1CCOCC1. The molecule has 5 heteroatoms. The molecule has 2 aliphatic rings. The lowest BCUT2D eigenvalue weighted by molar-refractivity contribution is -0.112. The number of fused-ring (bicyclic) bond motifs is 1. The third kappa shape index (κ3) is 6.24. The van der Waals surface area contributed by atoms with Crippen LogP contribution in [0.15, 0.2) is 72.3 Å². The molecule has 0 saturated carbocycles. The largest absolute Gasteiger partial charge is 0.381 e. The van der Waals surface area contributed by atoms with E-state index in [1.165, 1.54) is 11.1 Å². The van der Waals surface area contributed by atoms with Gasteiger partial charge >= 0.3 is 0 Å². The standard InChI is InChI=1S/C32H34N2O3/c1-34(31-15-17-37-18-16-31)21-23-7-13-30(14-8-23)33-32(36)28-4-2-3-25-11-12-27(19-29(25)20-28)26-9-5-24(22-35)6-10-26/h5-14,19-20,22,31H,2-4,15-18,21H2,1H3,(H,33,36). The van der Waals surface area contributed by atoms with Gasteiger partial charge in [-0.1, -0.05) is 48.5 Å². The highest BCUT2D eigenvalue weighted by atomic mass is 16.5. The first-order valence-electron chi connectivity index (χ1n) is 13.2. The maximum Gasteiger partial charge on any atom is 0.251 e. The van der Waals surface area contributed by atoms with Crippen LogP contribution >= 0.6 is 0 Å². The number of amides is 1. The number of hydrogen-bond donors (Lipinski definition) is 1. The lowest BCUT2D eigenvalue weighted by Crippen LogP contribution is -2.36. The van der Waals surface area contributed by atoms with Crippen molar-refractivity contribution < 1.29 is 14.3 Å². The molecule has 1 fully saturated rings. The minimum atomic E-state index is -0.0411. The summed E-state index contributed by atoms with van der Waals surface area (Å²) in [7, 11) is 2.17. The smallest absolute Gasteiger partial charge is 0.251 e. The van der Waals surface area contributed by atoms with Crippen molar-refractivity contribution in [1.82, 2.24) is 4.90 Å². The van der Waals surface area contributed by atoms with E-state index in [0.717, 1.165) is 86.1 Å². The minimum absolute atomic E-state index is 0.0411. The number of nitrogens with zero attached hydrogens (tertiary/aromatic N) is 1. The number of ether oxygens (including phenoxy) is 1. The van der Waals surface area contributed by atoms with Crippen LogP contribution in [0.3, 0.4) is 0 Å². The van der Waals surface area contributed by atoms with Gasteiger partial charge in [-0.25, -0.2) is 0 Å². The van der Waals surface area contributed by atoms with E-state index in [1.807, 2.05) is 42.5 Å². The highest BCUT2D eigenvalue weighted by Gasteiger charge is 2.19. The summed E-state index contributed by atoms with van der Waals surface area (Å²) in [4.78, 5) is 26.6. The number of rotatable bonds is 7. The van der Waals surface area contributed by atoms with Crippen LogP contribution in [0.4, 0.5) is 5.69 Å². The first-order chi connectivity index (χ1) is 18.1. The van der Waals surface area contributed by atoms with Crippen molar-refractivity contribution in [3.63, 3.8) is 0 Å². The van der Waals surface area contributed by atoms with Crippen LogP contribution in [0, 0.1) is 0 Å². The van der Waals surface area contributed by atoms with Crippen LogP contribution in [0.2, 0.25) is 0 Å². The molecule has 0 unspecified atom stereocenters. The average Bonchev–Trinajstić information content (AvgIpc) is 3.17. The molecular weight excluding hydrogens is 460 g/mol. The maximum absolute atomic E-state index is 13.2. The summed E-state index contributed by atoms with van der Waals surface area (Å²) >= 11 is 0. The molecule has 1 heterocycles. The fraction of sp³-hybridized carbons (Fsp3) is 0.312. The Morgan fingerprint density at radius 2 is 1.70 bits per heavy atom. The van der Waals surface area contributed by atoms with E-state index in [9.17, 15) is 9.59 Å². The zero-order valence-corrected chi connectivity index (χ0v) is 21.4. The van der Waals surface area contributed by atoms with Crippen LogP contribution < -0.4 is 5.32 Å². The topological polar surface area (TPSA) is 58.6 Å². The highest BCUT2D eigenvalue weighted by Crippen LogP contribution is 2.29. The molecule has 0 atom stereocenters. The fourth-order valence-corrected chi connectivity index (χ4v) is 5.25. The summed E-state index contributed by atoms with van der Waals surface area (Å²) < 4.78 is 5.48. The van der Waals surface area contributed by atoms with E-state index in [1.54, 1.807) is 0 Å². The van der Waals surface area contributed by atoms with Gasteiger partial charge in [0.05, 0.1) is 0 Å². The zero-order valence-electron chi connectivity index (χ0n) is 21.4. The first-order valence-corrected chi connectivity index (χ1v) is 13.2. The Bertz CT molecular complexity index is 1270. The summed E-state index contributed by atoms with van der Waals surface area (Å²) in [5.41, 5.74) is 8.00. The number of aldehydes is 1. The van der Waals surface area contributed by atoms with E-state index >= 15 is 0 Å². The lowest BCUT2D eigenvalue weighted by Gasteiger charge is -2.31. The molecule has 5 nitrogen and oxygen atoms in total. The molecule has 1 saturated heterocycles. The number of benzene rings is 3. The molecule has 190 valence electrons. The summed E-state index contributed by atoms with van der Waals surface area (Å²) in [6.45, 7) is 2.58. The van der Waals surface area contributed by atoms with Crippen molar-refractivity contribution in [2.24, 2.45) is 0 Å². The van der Waals surface area contributed by atoms with Gasteiger partial charge in [-0.3, -0.25) is 14.5 Å². The van der Waals surface area contributed by atoms with Crippen LogP contribution in [0.25, 0.3) is 17.2 Å². The Morgan fingerprint density at radius 1 is 0.973 bits per heavy atom. The number of nitrogens with one attached hydrogen (secondary N) is 1. The van der Waals surface area contributed by atoms with Crippen molar-refractivity contribution >= 4 is 24.0 Å². The second-order valence-corrected chi connectivity index (χ2v) is 10.1. The lowest BCUT2D eigenvalue weighted by atomic mass is 9.97. The summed E-state index contributed by atoms with van der Waals surface area (Å²) in [5, 5.41) is 3.10. The molecule has 0 radical (unpaired) electrons. The van der Waals surface area contributed by atoms with Crippen molar-refractivity contribution in [2.45, 2.75) is 44.7 Å². The van der Waals surface area contributed by atoms with Crippen molar-refractivity contribution in [3.05, 3.63) is 94.6 Å². The van der Waals surface area contributed by atoms with E-state index in [4.69, 9.17) is 4.74 Å². The van der Waals surface area contributed by atoms with E-state index in [0.29, 0.717) is 11.6 Å². The molecule has 3 aromatic carbocycles. The van der Waals surface area contributed by atoms with Crippen LogP contribution in [0.5, 0.6) is 0 Å². The number of anilines is 1. The van der Waals surface area contributed by atoms with Crippen molar-refractivity contribution in [1.29, 1.82) is 0 Å². The van der Waals surface area contributed by atoms with Gasteiger partial charge in [0.25, 0.3) is 5.91 Å². The van der Waals surface area contributed by atoms with Crippen LogP contribution in [0.1, 0.15) is 52.7 Å². The van der Waals surface area contributed by atoms with Gasteiger partial charge in [0.15, 0.2) is 0 Å². The molecule has 1 aliphatic heterocycles. The molecule has 0 spiro atoms. The van der Waals surface area contributed by atoms with Gasteiger partial charge in [-0.05, 0) is 91.2 Å². The van der Waals surface area contributed by atoms with Crippen LogP contribution in [-0.2, 0) is 22.5 Å². The Kier molecular flexibility index (Phi) is 7.93. The van der Waals surface area contributed by atoms with Gasteiger partial charge < -0.3 is 10.1 Å². The van der Waals surface area contributed by atoms with E-state index in [2.05, 4.69) is 47.6 Å². The van der Waals surface area contributed by atoms with Crippen molar-refractivity contribution in [2.75, 3.05) is 25.6 Å². The molecule has 1 amide bonds. The van der Waals surface area contributed by atoms with Crippen molar-refractivity contribution in [3.8, 4) is 11.1 Å². The second kappa shape index (κ2) is 11.7. The number of carbonyl (C=O) groups excluding carboxylic acids is 2. The predicted molar refractivity (Wildman–Crippen MR) is 149 cm³/mol. The summed E-state index contributed by atoms with van der Waals surface area (Å²) in [5.74, 6) is -0.0411. The van der Waals surface area contributed by atoms with Gasteiger partial charge in [0, 0.05) is 42.6 Å². The Labute approximate surface area is 219 Å². The number of aryl methyl sites for hydroxylation is 1. The van der Waals surface area contributed by atoms with Gasteiger partial charge in [0.1, 0.15) is 6.29 Å². The van der Waals surface area contributed by atoms with Gasteiger partial charge in [-0.15, -0.1) is 0 Å². The highest BCUT2D eigenvalue weighted by molar-refractivity contribution is 6.07. The third-order valence-corrected chi connectivity index (χ3v) is 7.50. The second-order valence-electron chi connectivity index (χ2n) is 10.1. The molecule has 1 aliphatic carbocycles.